The molecule has 0 aliphatic rings. The van der Waals surface area contributed by atoms with Gasteiger partial charge < -0.3 is 4.90 Å². The highest BCUT2D eigenvalue weighted by atomic mass is 16.2. The van der Waals surface area contributed by atoms with Crippen molar-refractivity contribution in [1.29, 1.82) is 0 Å². The predicted molar refractivity (Wildman–Crippen MR) is 90.4 cm³/mol. The third-order valence-corrected chi connectivity index (χ3v) is 3.89. The van der Waals surface area contributed by atoms with E-state index in [1.807, 2.05) is 57.2 Å². The molecule has 2 heterocycles. The SMILES string of the molecule is CCN(CC)C(=O)c1cc(C)nc2cc(-c3ccccc3)nn12. The molecule has 2 aromatic heterocycles. The first kappa shape index (κ1) is 15.2. The molecule has 0 aliphatic carbocycles. The summed E-state index contributed by atoms with van der Waals surface area (Å²) in [5, 5.41) is 4.60. The zero-order valence-electron chi connectivity index (χ0n) is 13.7. The molecule has 0 bridgehead atoms. The molecule has 1 amide bonds. The standard InChI is InChI=1S/C18H20N4O/c1-4-21(5-2)18(23)16-11-13(3)19-17-12-15(20-22(16)17)14-9-7-6-8-10-14/h6-12H,4-5H2,1-3H3. The van der Waals surface area contributed by atoms with Crippen LogP contribution in [0.5, 0.6) is 0 Å². The smallest absolute Gasteiger partial charge is 0.272 e. The van der Waals surface area contributed by atoms with Gasteiger partial charge in [-0.15, -0.1) is 0 Å². The molecule has 5 heteroatoms. The molecule has 1 aromatic carbocycles. The van der Waals surface area contributed by atoms with E-state index in [0.29, 0.717) is 24.4 Å². The lowest BCUT2D eigenvalue weighted by Crippen LogP contribution is -2.32. The van der Waals surface area contributed by atoms with Crippen LogP contribution in [0.1, 0.15) is 30.0 Å². The summed E-state index contributed by atoms with van der Waals surface area (Å²) in [7, 11) is 0. The van der Waals surface area contributed by atoms with Crippen molar-refractivity contribution in [3.63, 3.8) is 0 Å². The van der Waals surface area contributed by atoms with Crippen molar-refractivity contribution in [2.24, 2.45) is 0 Å². The van der Waals surface area contributed by atoms with Gasteiger partial charge in [0.05, 0.1) is 5.69 Å². The summed E-state index contributed by atoms with van der Waals surface area (Å²) >= 11 is 0. The molecule has 118 valence electrons. The number of carbonyl (C=O) groups excluding carboxylic acids is 1. The Morgan fingerprint density at radius 2 is 1.83 bits per heavy atom. The summed E-state index contributed by atoms with van der Waals surface area (Å²) in [6.07, 6.45) is 0. The van der Waals surface area contributed by atoms with Crippen LogP contribution >= 0.6 is 0 Å². The Balaban J connectivity index is 2.15. The van der Waals surface area contributed by atoms with Gasteiger partial charge in [-0.2, -0.15) is 5.10 Å². The summed E-state index contributed by atoms with van der Waals surface area (Å²) in [4.78, 5) is 19.1. The van der Waals surface area contributed by atoms with E-state index in [1.165, 1.54) is 0 Å². The zero-order valence-corrected chi connectivity index (χ0v) is 13.7. The van der Waals surface area contributed by atoms with Gasteiger partial charge >= 0.3 is 0 Å². The number of hydrogen-bond donors (Lipinski definition) is 0. The number of hydrogen-bond acceptors (Lipinski definition) is 3. The first-order chi connectivity index (χ1) is 11.1. The number of nitrogens with zero attached hydrogens (tertiary/aromatic N) is 4. The van der Waals surface area contributed by atoms with Crippen molar-refractivity contribution in [3.8, 4) is 11.3 Å². The molecule has 0 saturated heterocycles. The average molecular weight is 308 g/mol. The van der Waals surface area contributed by atoms with Crippen molar-refractivity contribution in [1.82, 2.24) is 19.5 Å². The van der Waals surface area contributed by atoms with E-state index in [9.17, 15) is 4.79 Å². The number of aryl methyl sites for hydroxylation is 1. The molecule has 0 aliphatic heterocycles. The quantitative estimate of drug-likeness (QED) is 0.744. The number of rotatable bonds is 4. The van der Waals surface area contributed by atoms with E-state index in [4.69, 9.17) is 0 Å². The number of aromatic nitrogens is 3. The average Bonchev–Trinajstić information content (AvgIpc) is 2.99. The number of fused-ring (bicyclic) bond motifs is 1. The molecule has 0 atom stereocenters. The van der Waals surface area contributed by atoms with Crippen LogP contribution in [-0.2, 0) is 0 Å². The maximum Gasteiger partial charge on any atom is 0.272 e. The minimum Gasteiger partial charge on any atom is -0.338 e. The zero-order chi connectivity index (χ0) is 16.4. The second kappa shape index (κ2) is 6.20. The highest BCUT2D eigenvalue weighted by Gasteiger charge is 2.19. The van der Waals surface area contributed by atoms with Gasteiger partial charge in [0.15, 0.2) is 5.65 Å². The molecule has 3 aromatic rings. The first-order valence-electron chi connectivity index (χ1n) is 7.86. The molecule has 0 radical (unpaired) electrons. The Hall–Kier alpha value is -2.69. The number of carbonyl (C=O) groups is 1. The van der Waals surface area contributed by atoms with E-state index < -0.39 is 0 Å². The largest absolute Gasteiger partial charge is 0.338 e. The van der Waals surface area contributed by atoms with Gasteiger partial charge in [-0.1, -0.05) is 30.3 Å². The van der Waals surface area contributed by atoms with Gasteiger partial charge in [0.2, 0.25) is 0 Å². The Kier molecular flexibility index (Phi) is 4.10. The fourth-order valence-corrected chi connectivity index (χ4v) is 2.68. The van der Waals surface area contributed by atoms with E-state index >= 15 is 0 Å². The number of amides is 1. The topological polar surface area (TPSA) is 50.5 Å². The van der Waals surface area contributed by atoms with Crippen LogP contribution in [0.3, 0.4) is 0 Å². The van der Waals surface area contributed by atoms with E-state index in [2.05, 4.69) is 10.1 Å². The van der Waals surface area contributed by atoms with E-state index in [0.717, 1.165) is 17.0 Å². The fraction of sp³-hybridized carbons (Fsp3) is 0.278. The van der Waals surface area contributed by atoms with E-state index in [1.54, 1.807) is 15.5 Å². The fourth-order valence-electron chi connectivity index (χ4n) is 2.68. The van der Waals surface area contributed by atoms with Crippen molar-refractivity contribution < 1.29 is 4.79 Å². The third kappa shape index (κ3) is 2.82. The Morgan fingerprint density at radius 1 is 1.13 bits per heavy atom. The van der Waals surface area contributed by atoms with Gasteiger partial charge in [-0.05, 0) is 26.8 Å². The van der Waals surface area contributed by atoms with Gasteiger partial charge in [0, 0.05) is 30.4 Å². The molecule has 23 heavy (non-hydrogen) atoms. The maximum absolute atomic E-state index is 12.8. The summed E-state index contributed by atoms with van der Waals surface area (Å²) in [6, 6.07) is 13.6. The third-order valence-electron chi connectivity index (χ3n) is 3.89. The van der Waals surface area contributed by atoms with Crippen LogP contribution < -0.4 is 0 Å². The molecular formula is C18H20N4O. The summed E-state index contributed by atoms with van der Waals surface area (Å²) in [6.45, 7) is 7.19. The van der Waals surface area contributed by atoms with Crippen LogP contribution in [0.15, 0.2) is 42.5 Å². The molecule has 0 fully saturated rings. The van der Waals surface area contributed by atoms with E-state index in [-0.39, 0.29) is 5.91 Å². The molecule has 3 rings (SSSR count). The van der Waals surface area contributed by atoms with Gasteiger partial charge in [-0.25, -0.2) is 9.50 Å². The monoisotopic (exact) mass is 308 g/mol. The minimum absolute atomic E-state index is 0.0202. The van der Waals surface area contributed by atoms with Crippen molar-refractivity contribution in [2.45, 2.75) is 20.8 Å². The number of benzene rings is 1. The Bertz CT molecular complexity index is 835. The summed E-state index contributed by atoms with van der Waals surface area (Å²) < 4.78 is 1.65. The van der Waals surface area contributed by atoms with Crippen LogP contribution in [0.25, 0.3) is 16.9 Å². The second-order valence-electron chi connectivity index (χ2n) is 5.43. The van der Waals surface area contributed by atoms with Gasteiger partial charge in [0.1, 0.15) is 5.69 Å². The van der Waals surface area contributed by atoms with Gasteiger partial charge in [0.25, 0.3) is 5.91 Å². The molecule has 0 N–H and O–H groups in total. The van der Waals surface area contributed by atoms with Gasteiger partial charge in [-0.3, -0.25) is 4.79 Å². The molecule has 0 spiro atoms. The van der Waals surface area contributed by atoms with Crippen LogP contribution in [-0.4, -0.2) is 38.5 Å². The normalized spacial score (nSPS) is 10.9. The van der Waals surface area contributed by atoms with Crippen LogP contribution in [0.2, 0.25) is 0 Å². The van der Waals surface area contributed by atoms with Crippen LogP contribution in [0, 0.1) is 6.92 Å². The second-order valence-corrected chi connectivity index (χ2v) is 5.43. The first-order valence-corrected chi connectivity index (χ1v) is 7.86. The lowest BCUT2D eigenvalue weighted by atomic mass is 10.2. The molecule has 5 nitrogen and oxygen atoms in total. The Morgan fingerprint density at radius 3 is 2.48 bits per heavy atom. The van der Waals surface area contributed by atoms with Crippen molar-refractivity contribution >= 4 is 11.6 Å². The highest BCUT2D eigenvalue weighted by Crippen LogP contribution is 2.20. The summed E-state index contributed by atoms with van der Waals surface area (Å²) in [5.74, 6) is -0.0202. The highest BCUT2D eigenvalue weighted by molar-refractivity contribution is 5.93. The maximum atomic E-state index is 12.8. The molecular weight excluding hydrogens is 288 g/mol. The predicted octanol–water partition coefficient (Wildman–Crippen LogP) is 3.19. The lowest BCUT2D eigenvalue weighted by Gasteiger charge is -2.19. The minimum atomic E-state index is -0.0202. The lowest BCUT2D eigenvalue weighted by molar-refractivity contribution is 0.0764. The summed E-state index contributed by atoms with van der Waals surface area (Å²) in [5.41, 5.74) is 3.89. The van der Waals surface area contributed by atoms with Crippen molar-refractivity contribution in [2.75, 3.05) is 13.1 Å². The van der Waals surface area contributed by atoms with Crippen LogP contribution in [0.4, 0.5) is 0 Å². The molecule has 0 unspecified atom stereocenters. The van der Waals surface area contributed by atoms with Crippen molar-refractivity contribution in [3.05, 3.63) is 53.9 Å². The Labute approximate surface area is 135 Å². The molecule has 0 saturated carbocycles.